The first kappa shape index (κ1) is 20.0. The van der Waals surface area contributed by atoms with Crippen molar-refractivity contribution >= 4 is 28.1 Å². The molecule has 2 aromatic carbocycles. The smallest absolute Gasteiger partial charge is 0.329 e. The molecule has 0 saturated carbocycles. The van der Waals surface area contributed by atoms with Gasteiger partial charge in [0.05, 0.1) is 33.7 Å². The highest BCUT2D eigenvalue weighted by Gasteiger charge is 2.35. The van der Waals surface area contributed by atoms with Gasteiger partial charge < -0.3 is 10.3 Å². The average molecular weight is 440 g/mol. The van der Waals surface area contributed by atoms with Crippen molar-refractivity contribution in [1.82, 2.24) is 14.5 Å². The molecule has 3 heterocycles. The van der Waals surface area contributed by atoms with E-state index in [1.807, 2.05) is 24.3 Å². The number of nitro groups is 1. The molecule has 0 saturated heterocycles. The predicted molar refractivity (Wildman–Crippen MR) is 122 cm³/mol. The summed E-state index contributed by atoms with van der Waals surface area (Å²) in [5.41, 5.74) is 1.67. The number of fused-ring (bicyclic) bond motifs is 2. The van der Waals surface area contributed by atoms with Gasteiger partial charge in [-0.25, -0.2) is 4.79 Å². The third-order valence-electron chi connectivity index (χ3n) is 5.85. The van der Waals surface area contributed by atoms with E-state index in [4.69, 9.17) is 0 Å². The zero-order chi connectivity index (χ0) is 23.3. The topological polar surface area (TPSA) is 150 Å². The van der Waals surface area contributed by atoms with Crippen molar-refractivity contribution < 1.29 is 4.92 Å². The average Bonchev–Trinajstić information content (AvgIpc) is 3.25. The SMILES string of the molecule is Cn1c(=O)[nH]c2c(c1=O)C(c1ccc([N+](=O)[O-])cc1)C(C#N)=C(c1c[nH]c3ccccc13)N2. The van der Waals surface area contributed by atoms with Crippen LogP contribution in [0.5, 0.6) is 0 Å². The van der Waals surface area contributed by atoms with Crippen LogP contribution >= 0.6 is 0 Å². The number of anilines is 1. The van der Waals surface area contributed by atoms with Gasteiger partial charge in [-0.2, -0.15) is 5.26 Å². The summed E-state index contributed by atoms with van der Waals surface area (Å²) >= 11 is 0. The third kappa shape index (κ3) is 3.02. The second-order valence-electron chi connectivity index (χ2n) is 7.64. The molecule has 1 aliphatic heterocycles. The number of nitro benzene ring substituents is 1. The summed E-state index contributed by atoms with van der Waals surface area (Å²) in [7, 11) is 1.35. The van der Waals surface area contributed by atoms with Gasteiger partial charge in [-0.05, 0) is 11.6 Å². The van der Waals surface area contributed by atoms with E-state index in [1.165, 1.54) is 31.3 Å². The molecule has 1 aliphatic rings. The lowest BCUT2D eigenvalue weighted by Gasteiger charge is -2.28. The molecule has 0 spiro atoms. The number of allylic oxidation sites excluding steroid dienone is 1. The van der Waals surface area contributed by atoms with Crippen molar-refractivity contribution in [2.45, 2.75) is 5.92 Å². The molecule has 10 nitrogen and oxygen atoms in total. The van der Waals surface area contributed by atoms with Gasteiger partial charge in [-0.1, -0.05) is 30.3 Å². The summed E-state index contributed by atoms with van der Waals surface area (Å²) in [6, 6.07) is 15.5. The van der Waals surface area contributed by atoms with Crippen molar-refractivity contribution in [2.24, 2.45) is 7.05 Å². The van der Waals surface area contributed by atoms with Gasteiger partial charge in [0.2, 0.25) is 0 Å². The van der Waals surface area contributed by atoms with Gasteiger partial charge in [0.15, 0.2) is 0 Å². The molecule has 0 amide bonds. The summed E-state index contributed by atoms with van der Waals surface area (Å²) in [5.74, 6) is -0.656. The van der Waals surface area contributed by atoms with E-state index in [0.29, 0.717) is 16.8 Å². The van der Waals surface area contributed by atoms with Gasteiger partial charge in [-0.3, -0.25) is 24.5 Å². The normalized spacial score (nSPS) is 15.1. The van der Waals surface area contributed by atoms with Gasteiger partial charge in [0.25, 0.3) is 11.2 Å². The fourth-order valence-electron chi connectivity index (χ4n) is 4.22. The van der Waals surface area contributed by atoms with Crippen molar-refractivity contribution in [3.05, 3.63) is 108 Å². The predicted octanol–water partition coefficient (Wildman–Crippen LogP) is 2.96. The van der Waals surface area contributed by atoms with E-state index in [2.05, 4.69) is 21.4 Å². The van der Waals surface area contributed by atoms with E-state index in [9.17, 15) is 25.0 Å². The number of hydrogen-bond donors (Lipinski definition) is 3. The molecule has 0 bridgehead atoms. The molecule has 10 heteroatoms. The van der Waals surface area contributed by atoms with Crippen molar-refractivity contribution in [3.63, 3.8) is 0 Å². The summed E-state index contributed by atoms with van der Waals surface area (Å²) in [5, 5.41) is 25.3. The summed E-state index contributed by atoms with van der Waals surface area (Å²) in [6.07, 6.45) is 1.75. The molecule has 3 N–H and O–H groups in total. The Hall–Kier alpha value is -4.91. The molecule has 1 atom stereocenters. The van der Waals surface area contributed by atoms with Crippen LogP contribution in [0.2, 0.25) is 0 Å². The van der Waals surface area contributed by atoms with Crippen LogP contribution < -0.4 is 16.6 Å². The van der Waals surface area contributed by atoms with Crippen LogP contribution in [-0.4, -0.2) is 19.5 Å². The van der Waals surface area contributed by atoms with Gasteiger partial charge in [0.1, 0.15) is 5.82 Å². The number of nitrogens with zero attached hydrogens (tertiary/aromatic N) is 3. The summed E-state index contributed by atoms with van der Waals surface area (Å²) in [6.45, 7) is 0. The fraction of sp³-hybridized carbons (Fsp3) is 0.0870. The molecule has 2 aromatic heterocycles. The largest absolute Gasteiger partial charge is 0.360 e. The number of nitriles is 1. The van der Waals surface area contributed by atoms with E-state index < -0.39 is 22.1 Å². The zero-order valence-electron chi connectivity index (χ0n) is 17.2. The summed E-state index contributed by atoms with van der Waals surface area (Å²) in [4.78, 5) is 41.9. The first-order valence-corrected chi connectivity index (χ1v) is 9.96. The van der Waals surface area contributed by atoms with Crippen molar-refractivity contribution in [3.8, 4) is 6.07 Å². The Balaban J connectivity index is 1.83. The monoisotopic (exact) mass is 440 g/mol. The lowest BCUT2D eigenvalue weighted by atomic mass is 9.81. The maximum Gasteiger partial charge on any atom is 0.329 e. The Morgan fingerprint density at radius 1 is 1.12 bits per heavy atom. The molecule has 0 radical (unpaired) electrons. The van der Waals surface area contributed by atoms with Crippen molar-refractivity contribution in [2.75, 3.05) is 5.32 Å². The van der Waals surface area contributed by atoms with Crippen LogP contribution in [0.4, 0.5) is 11.5 Å². The highest BCUT2D eigenvalue weighted by Crippen LogP contribution is 2.42. The molecule has 1 unspecified atom stereocenters. The molecule has 0 fully saturated rings. The number of nitrogens with one attached hydrogen (secondary N) is 3. The van der Waals surface area contributed by atoms with E-state index in [1.54, 1.807) is 6.20 Å². The maximum absolute atomic E-state index is 13.1. The second-order valence-corrected chi connectivity index (χ2v) is 7.64. The number of non-ortho nitro benzene ring substituents is 1. The minimum absolute atomic E-state index is 0.110. The molecular formula is C23H16N6O4. The first-order valence-electron chi connectivity index (χ1n) is 9.96. The van der Waals surface area contributed by atoms with E-state index >= 15 is 0 Å². The quantitative estimate of drug-likeness (QED) is 0.329. The fourth-order valence-corrected chi connectivity index (χ4v) is 4.22. The van der Waals surface area contributed by atoms with Crippen LogP contribution in [0.3, 0.4) is 0 Å². The molecular weight excluding hydrogens is 424 g/mol. The highest BCUT2D eigenvalue weighted by atomic mass is 16.6. The zero-order valence-corrected chi connectivity index (χ0v) is 17.2. The van der Waals surface area contributed by atoms with E-state index in [-0.39, 0.29) is 22.6 Å². The third-order valence-corrected chi connectivity index (χ3v) is 5.85. The first-order chi connectivity index (χ1) is 15.9. The van der Waals surface area contributed by atoms with Crippen molar-refractivity contribution in [1.29, 1.82) is 5.26 Å². The minimum atomic E-state index is -0.841. The Kier molecular flexibility index (Phi) is 4.46. The number of rotatable bonds is 3. The van der Waals surface area contributed by atoms with Crippen LogP contribution in [0.1, 0.15) is 22.6 Å². The number of aromatic amines is 2. The van der Waals surface area contributed by atoms with Crippen LogP contribution in [0, 0.1) is 21.4 Å². The summed E-state index contributed by atoms with van der Waals surface area (Å²) < 4.78 is 0.935. The van der Waals surface area contributed by atoms with Crippen LogP contribution in [-0.2, 0) is 7.05 Å². The molecule has 5 rings (SSSR count). The minimum Gasteiger partial charge on any atom is -0.360 e. The van der Waals surface area contributed by atoms with Crippen LogP contribution in [0.25, 0.3) is 16.6 Å². The Labute approximate surface area is 185 Å². The Morgan fingerprint density at radius 2 is 1.85 bits per heavy atom. The standard InChI is InChI=1S/C23H16N6O4/c1-28-22(30)19-18(12-6-8-13(9-7-12)29(32)33)15(10-24)20(26-21(19)27-23(28)31)16-11-25-17-5-3-2-4-14(16)17/h2-9,11,18,25-26H,1H3,(H,27,31). The lowest BCUT2D eigenvalue weighted by molar-refractivity contribution is -0.384. The van der Waals surface area contributed by atoms with Gasteiger partial charge in [0, 0.05) is 41.8 Å². The molecule has 162 valence electrons. The number of benzene rings is 2. The number of aromatic nitrogens is 3. The lowest BCUT2D eigenvalue weighted by Crippen LogP contribution is -2.39. The number of para-hydroxylation sites is 1. The van der Waals surface area contributed by atoms with Crippen LogP contribution in [0.15, 0.2) is 69.9 Å². The van der Waals surface area contributed by atoms with Gasteiger partial charge in [-0.15, -0.1) is 0 Å². The Bertz CT molecular complexity index is 1630. The maximum atomic E-state index is 13.1. The van der Waals surface area contributed by atoms with E-state index in [0.717, 1.165) is 15.5 Å². The highest BCUT2D eigenvalue weighted by molar-refractivity contribution is 5.98. The molecule has 4 aromatic rings. The Morgan fingerprint density at radius 3 is 2.55 bits per heavy atom. The van der Waals surface area contributed by atoms with Gasteiger partial charge >= 0.3 is 5.69 Å². The second kappa shape index (κ2) is 7.35. The number of hydrogen-bond acceptors (Lipinski definition) is 6. The number of H-pyrrole nitrogens is 2. The molecule has 0 aliphatic carbocycles. The molecule has 33 heavy (non-hydrogen) atoms.